The molecule has 2 amide bonds. The molecule has 14 nitrogen and oxygen atoms in total. The number of nitrogens with two attached hydrogens (primary N) is 3. The van der Waals surface area contributed by atoms with E-state index in [1.807, 2.05) is 0 Å². The van der Waals surface area contributed by atoms with E-state index >= 15 is 0 Å². The van der Waals surface area contributed by atoms with Crippen LogP contribution in [0.3, 0.4) is 0 Å². The molecule has 1 aromatic carbocycles. The summed E-state index contributed by atoms with van der Waals surface area (Å²) in [6, 6.07) is -0.482. The molecule has 0 aromatic heterocycles. The van der Waals surface area contributed by atoms with Gasteiger partial charge < -0.3 is 38.0 Å². The van der Waals surface area contributed by atoms with Crippen LogP contribution in [0.15, 0.2) is 23.2 Å². The minimum absolute atomic E-state index is 0.0158. The quantitative estimate of drug-likeness (QED) is 0.0620. The van der Waals surface area contributed by atoms with Gasteiger partial charge in [-0.1, -0.05) is 0 Å². The summed E-state index contributed by atoms with van der Waals surface area (Å²) in [4.78, 5) is 50.7. The first kappa shape index (κ1) is 26.1. The second-order valence-corrected chi connectivity index (χ2v) is 6.97. The Bertz CT molecular complexity index is 884. The lowest BCUT2D eigenvalue weighted by molar-refractivity contribution is -0.385. The number of phenolic OH excluding ortho intramolecular Hbond substituents is 1. The average Bonchev–Trinajstić information content (AvgIpc) is 2.68. The maximum atomic E-state index is 12.8. The highest BCUT2D eigenvalue weighted by atomic mass is 16.6. The largest absolute Gasteiger partial charge is 0.508 e. The molecule has 0 unspecified atom stereocenters. The summed E-state index contributed by atoms with van der Waals surface area (Å²) < 4.78 is 0. The topological polar surface area (TPSA) is 249 Å². The number of nitro groups is 1. The van der Waals surface area contributed by atoms with Crippen LogP contribution in [0.2, 0.25) is 0 Å². The predicted molar refractivity (Wildman–Crippen MR) is 114 cm³/mol. The number of nitrogens with one attached hydrogen (secondary N) is 2. The van der Waals surface area contributed by atoms with Crippen LogP contribution in [0.4, 0.5) is 5.69 Å². The Morgan fingerprint density at radius 1 is 1.19 bits per heavy atom. The molecule has 0 aliphatic rings. The number of phenols is 1. The van der Waals surface area contributed by atoms with Gasteiger partial charge in [0.05, 0.1) is 11.0 Å². The number of aliphatic imine (C=N–C) groups is 1. The molecule has 32 heavy (non-hydrogen) atoms. The van der Waals surface area contributed by atoms with Crippen LogP contribution in [-0.4, -0.2) is 63.5 Å². The molecule has 176 valence electrons. The van der Waals surface area contributed by atoms with Gasteiger partial charge in [0.2, 0.25) is 11.8 Å². The second kappa shape index (κ2) is 12.0. The number of carboxylic acids is 1. The molecular weight excluding hydrogens is 426 g/mol. The number of aromatic hydroxyl groups is 1. The number of rotatable bonds is 12. The Morgan fingerprint density at radius 3 is 2.34 bits per heavy atom. The van der Waals surface area contributed by atoms with Crippen molar-refractivity contribution in [1.82, 2.24) is 10.6 Å². The van der Waals surface area contributed by atoms with E-state index in [9.17, 15) is 34.7 Å². The van der Waals surface area contributed by atoms with Crippen molar-refractivity contribution in [3.05, 3.63) is 33.9 Å². The van der Waals surface area contributed by atoms with Crippen molar-refractivity contribution in [2.24, 2.45) is 22.2 Å². The molecule has 0 radical (unpaired) electrons. The molecule has 3 atom stereocenters. The Balaban J connectivity index is 3.09. The zero-order valence-electron chi connectivity index (χ0n) is 17.4. The van der Waals surface area contributed by atoms with Gasteiger partial charge in [-0.2, -0.15) is 0 Å². The van der Waals surface area contributed by atoms with Gasteiger partial charge in [-0.05, 0) is 31.9 Å². The van der Waals surface area contributed by atoms with Crippen molar-refractivity contribution in [3.63, 3.8) is 0 Å². The summed E-state index contributed by atoms with van der Waals surface area (Å²) in [5, 5.41) is 35.0. The lowest BCUT2D eigenvalue weighted by Gasteiger charge is -2.22. The Hall–Kier alpha value is -3.94. The summed E-state index contributed by atoms with van der Waals surface area (Å²) in [5.74, 6) is -3.40. The number of aliphatic carboxylic acids is 1. The molecule has 0 saturated carbocycles. The molecular formula is C18H27N7O7. The van der Waals surface area contributed by atoms with E-state index in [1.54, 1.807) is 0 Å². The molecule has 14 heteroatoms. The maximum absolute atomic E-state index is 12.8. The average molecular weight is 453 g/mol. The van der Waals surface area contributed by atoms with Crippen LogP contribution in [0, 0.1) is 10.1 Å². The highest BCUT2D eigenvalue weighted by molar-refractivity contribution is 5.92. The third kappa shape index (κ3) is 8.43. The molecule has 10 N–H and O–H groups in total. The molecule has 0 fully saturated rings. The standard InChI is InChI=1S/C18H27N7O7/c1-9(19)15(27)24-13(8-10-7-11(26)4-5-14(10)25(31)32)16(28)23-12(17(29)30)3-2-6-22-18(20)21/h4-5,7,9,12-13,26H,2-3,6,8,19H2,1H3,(H,23,28)(H,24,27)(H,29,30)(H4,20,21,22)/t9-,12-,13-/m0/s1. The number of benzene rings is 1. The number of nitro benzene ring substituents is 1. The van der Waals surface area contributed by atoms with E-state index in [0.717, 1.165) is 18.2 Å². The number of guanidine groups is 1. The van der Waals surface area contributed by atoms with Gasteiger partial charge in [-0.3, -0.25) is 24.7 Å². The summed E-state index contributed by atoms with van der Waals surface area (Å²) in [6.45, 7) is 1.51. The van der Waals surface area contributed by atoms with Gasteiger partial charge in [-0.25, -0.2) is 4.79 Å². The number of carbonyl (C=O) groups is 3. The maximum Gasteiger partial charge on any atom is 0.326 e. The number of hydrogen-bond acceptors (Lipinski definition) is 8. The Labute approximate surface area is 183 Å². The fourth-order valence-electron chi connectivity index (χ4n) is 2.68. The van der Waals surface area contributed by atoms with Gasteiger partial charge in [0.1, 0.15) is 17.8 Å². The van der Waals surface area contributed by atoms with Crippen molar-refractivity contribution in [3.8, 4) is 5.75 Å². The van der Waals surface area contributed by atoms with E-state index in [0.29, 0.717) is 0 Å². The number of hydrogen-bond donors (Lipinski definition) is 7. The van der Waals surface area contributed by atoms with Crippen LogP contribution in [0.5, 0.6) is 5.75 Å². The first-order valence-corrected chi connectivity index (χ1v) is 9.53. The van der Waals surface area contributed by atoms with Gasteiger partial charge in [-0.15, -0.1) is 0 Å². The predicted octanol–water partition coefficient (Wildman–Crippen LogP) is -1.70. The van der Waals surface area contributed by atoms with Crippen molar-refractivity contribution >= 4 is 29.4 Å². The summed E-state index contributed by atoms with van der Waals surface area (Å²) in [6.07, 6.45) is -0.169. The first-order valence-electron chi connectivity index (χ1n) is 9.53. The first-order chi connectivity index (χ1) is 14.9. The van der Waals surface area contributed by atoms with E-state index in [1.165, 1.54) is 6.92 Å². The fraction of sp³-hybridized carbons (Fsp3) is 0.444. The fourth-order valence-corrected chi connectivity index (χ4v) is 2.68. The summed E-state index contributed by atoms with van der Waals surface area (Å²) in [7, 11) is 0. The molecule has 1 rings (SSSR count). The van der Waals surface area contributed by atoms with Gasteiger partial charge in [0, 0.05) is 24.6 Å². The molecule has 0 spiro atoms. The molecule has 0 bridgehead atoms. The van der Waals surface area contributed by atoms with Gasteiger partial charge >= 0.3 is 5.97 Å². The van der Waals surface area contributed by atoms with Crippen LogP contribution in [-0.2, 0) is 20.8 Å². The van der Waals surface area contributed by atoms with E-state index in [2.05, 4.69) is 15.6 Å². The van der Waals surface area contributed by atoms with Gasteiger partial charge in [0.25, 0.3) is 5.69 Å². The molecule has 1 aromatic rings. The third-order valence-electron chi connectivity index (χ3n) is 4.29. The van der Waals surface area contributed by atoms with Crippen LogP contribution in [0.25, 0.3) is 0 Å². The second-order valence-electron chi connectivity index (χ2n) is 6.97. The number of carbonyl (C=O) groups excluding carboxylic acids is 2. The molecule has 0 aliphatic carbocycles. The number of carboxylic acid groups (broad SMARTS) is 1. The van der Waals surface area contributed by atoms with Gasteiger partial charge in [0.15, 0.2) is 5.96 Å². The summed E-state index contributed by atoms with van der Waals surface area (Å²) >= 11 is 0. The Morgan fingerprint density at radius 2 is 1.81 bits per heavy atom. The lowest BCUT2D eigenvalue weighted by Crippen LogP contribution is -2.54. The lowest BCUT2D eigenvalue weighted by atomic mass is 10.0. The van der Waals surface area contributed by atoms with Crippen molar-refractivity contribution in [2.45, 2.75) is 44.3 Å². The molecule has 0 saturated heterocycles. The summed E-state index contributed by atoms with van der Waals surface area (Å²) in [5.41, 5.74) is 15.5. The minimum atomic E-state index is -1.39. The van der Waals surface area contributed by atoms with Crippen LogP contribution >= 0.6 is 0 Å². The van der Waals surface area contributed by atoms with E-state index in [-0.39, 0.29) is 42.3 Å². The number of nitrogens with zero attached hydrogens (tertiary/aromatic N) is 2. The zero-order chi connectivity index (χ0) is 24.4. The number of amides is 2. The molecule has 0 aliphatic heterocycles. The van der Waals surface area contributed by atoms with Crippen molar-refractivity contribution < 1.29 is 29.5 Å². The van der Waals surface area contributed by atoms with Crippen LogP contribution in [0.1, 0.15) is 25.3 Å². The normalized spacial score (nSPS) is 13.3. The monoisotopic (exact) mass is 453 g/mol. The van der Waals surface area contributed by atoms with Crippen molar-refractivity contribution in [1.29, 1.82) is 0 Å². The SMILES string of the molecule is C[C@H](N)C(=O)N[C@@H](Cc1cc(O)ccc1[N+](=O)[O-])C(=O)N[C@@H](CCCN=C(N)N)C(=O)O. The molecule has 0 heterocycles. The smallest absolute Gasteiger partial charge is 0.326 e. The van der Waals surface area contributed by atoms with E-state index in [4.69, 9.17) is 17.2 Å². The van der Waals surface area contributed by atoms with E-state index < -0.39 is 47.3 Å². The Kier molecular flexibility index (Phi) is 9.82. The zero-order valence-corrected chi connectivity index (χ0v) is 17.4. The van der Waals surface area contributed by atoms with Crippen molar-refractivity contribution in [2.75, 3.05) is 6.54 Å². The highest BCUT2D eigenvalue weighted by Crippen LogP contribution is 2.24. The van der Waals surface area contributed by atoms with Crippen LogP contribution < -0.4 is 27.8 Å². The third-order valence-corrected chi connectivity index (χ3v) is 4.29. The minimum Gasteiger partial charge on any atom is -0.508 e. The highest BCUT2D eigenvalue weighted by Gasteiger charge is 2.29.